The molecule has 0 N–H and O–H groups in total. The predicted octanol–water partition coefficient (Wildman–Crippen LogP) is 1.66. The Labute approximate surface area is 72.4 Å². The maximum Gasteiger partial charge on any atom is 0.121 e. The van der Waals surface area contributed by atoms with E-state index in [2.05, 4.69) is 11.8 Å². The third kappa shape index (κ3) is 1.59. The van der Waals surface area contributed by atoms with Gasteiger partial charge in [0.15, 0.2) is 0 Å². The summed E-state index contributed by atoms with van der Waals surface area (Å²) in [5.74, 6) is 5.69. The van der Waals surface area contributed by atoms with Crippen LogP contribution in [0.3, 0.4) is 0 Å². The molecule has 0 amide bonds. The first-order valence-corrected chi connectivity index (χ1v) is 3.42. The van der Waals surface area contributed by atoms with E-state index in [1.165, 1.54) is 0 Å². The molecular weight excluding hydrogens is 148 g/mol. The Morgan fingerprint density at radius 1 is 1.08 bits per heavy atom. The van der Waals surface area contributed by atoms with Gasteiger partial charge in [-0.05, 0) is 18.2 Å². The van der Waals surface area contributed by atoms with Gasteiger partial charge in [0.25, 0.3) is 0 Å². The summed E-state index contributed by atoms with van der Waals surface area (Å²) < 4.78 is 5.01. The highest BCUT2D eigenvalue weighted by molar-refractivity contribution is 5.47. The van der Waals surface area contributed by atoms with Crippen LogP contribution in [0.25, 0.3) is 0 Å². The van der Waals surface area contributed by atoms with Gasteiger partial charge in [-0.1, -0.05) is 11.8 Å². The molecular formula is C11H8O. The van der Waals surface area contributed by atoms with Crippen molar-refractivity contribution in [1.29, 1.82) is 0 Å². The van der Waals surface area contributed by atoms with Crippen molar-refractivity contribution in [2.75, 3.05) is 7.11 Å². The van der Waals surface area contributed by atoms with Crippen LogP contribution >= 0.6 is 0 Å². The maximum absolute atomic E-state index is 5.22. The summed E-state index contributed by atoms with van der Waals surface area (Å²) in [5, 5.41) is 0. The van der Waals surface area contributed by atoms with Crippen LogP contribution in [0, 0.1) is 24.7 Å². The molecule has 0 atom stereocenters. The maximum atomic E-state index is 5.22. The first-order chi connectivity index (χ1) is 5.80. The van der Waals surface area contributed by atoms with Crippen molar-refractivity contribution in [3.8, 4) is 30.4 Å². The highest BCUT2D eigenvalue weighted by atomic mass is 16.5. The fraction of sp³-hybridized carbons (Fsp3) is 0.0909. The van der Waals surface area contributed by atoms with Gasteiger partial charge in [0.1, 0.15) is 5.75 Å². The van der Waals surface area contributed by atoms with Gasteiger partial charge in [-0.15, -0.1) is 12.8 Å². The molecule has 0 saturated carbocycles. The lowest BCUT2D eigenvalue weighted by molar-refractivity contribution is 0.414. The van der Waals surface area contributed by atoms with Crippen molar-refractivity contribution in [2.45, 2.75) is 0 Å². The summed E-state index contributed by atoms with van der Waals surface area (Å²) in [5.41, 5.74) is 1.48. The van der Waals surface area contributed by atoms with E-state index in [1.807, 2.05) is 0 Å². The monoisotopic (exact) mass is 156 g/mol. The van der Waals surface area contributed by atoms with Crippen molar-refractivity contribution in [2.24, 2.45) is 0 Å². The van der Waals surface area contributed by atoms with Crippen LogP contribution < -0.4 is 4.74 Å². The molecule has 0 spiro atoms. The van der Waals surface area contributed by atoms with Crippen LogP contribution in [0.1, 0.15) is 11.1 Å². The van der Waals surface area contributed by atoms with Crippen molar-refractivity contribution in [1.82, 2.24) is 0 Å². The molecule has 1 heteroatoms. The zero-order chi connectivity index (χ0) is 8.97. The van der Waals surface area contributed by atoms with Crippen LogP contribution in [0.5, 0.6) is 5.75 Å². The van der Waals surface area contributed by atoms with E-state index in [0.717, 1.165) is 11.1 Å². The molecule has 1 aromatic carbocycles. The smallest absolute Gasteiger partial charge is 0.121 e. The molecule has 12 heavy (non-hydrogen) atoms. The number of rotatable bonds is 1. The first-order valence-electron chi connectivity index (χ1n) is 3.42. The van der Waals surface area contributed by atoms with Crippen LogP contribution in [0.2, 0.25) is 0 Å². The lowest BCUT2D eigenvalue weighted by atomic mass is 10.1. The predicted molar refractivity (Wildman–Crippen MR) is 48.9 cm³/mol. The Balaban J connectivity index is 3.24. The van der Waals surface area contributed by atoms with E-state index >= 15 is 0 Å². The van der Waals surface area contributed by atoms with E-state index in [-0.39, 0.29) is 0 Å². The quantitative estimate of drug-likeness (QED) is 0.562. The van der Waals surface area contributed by atoms with Gasteiger partial charge in [-0.2, -0.15) is 0 Å². The molecule has 58 valence electrons. The molecule has 0 heterocycles. The van der Waals surface area contributed by atoms with E-state index < -0.39 is 0 Å². The second-order valence-electron chi connectivity index (χ2n) is 2.24. The second kappa shape index (κ2) is 3.51. The number of ether oxygens (including phenoxy) is 1. The Hall–Kier alpha value is -1.86. The minimum atomic E-state index is 0.693. The number of benzene rings is 1. The Morgan fingerprint density at radius 2 is 1.58 bits per heavy atom. The Kier molecular flexibility index (Phi) is 2.41. The molecule has 0 unspecified atom stereocenters. The minimum Gasteiger partial charge on any atom is -0.497 e. The highest BCUT2D eigenvalue weighted by Crippen LogP contribution is 2.15. The molecule has 0 saturated heterocycles. The molecule has 0 aliphatic rings. The van der Waals surface area contributed by atoms with E-state index in [0.29, 0.717) is 5.75 Å². The number of hydrogen-bond acceptors (Lipinski definition) is 1. The minimum absolute atomic E-state index is 0.693. The van der Waals surface area contributed by atoms with Gasteiger partial charge in [0.2, 0.25) is 0 Å². The summed E-state index contributed by atoms with van der Waals surface area (Å²) in [7, 11) is 1.58. The van der Waals surface area contributed by atoms with E-state index in [4.69, 9.17) is 17.6 Å². The van der Waals surface area contributed by atoms with Crippen LogP contribution in [0.4, 0.5) is 0 Å². The summed E-state index contributed by atoms with van der Waals surface area (Å²) in [6, 6.07) is 5.30. The van der Waals surface area contributed by atoms with Gasteiger partial charge < -0.3 is 4.74 Å². The zero-order valence-electron chi connectivity index (χ0n) is 6.79. The average molecular weight is 156 g/mol. The van der Waals surface area contributed by atoms with Crippen LogP contribution in [-0.2, 0) is 0 Å². The molecule has 0 bridgehead atoms. The van der Waals surface area contributed by atoms with Crippen LogP contribution in [0.15, 0.2) is 18.2 Å². The number of hydrogen-bond donors (Lipinski definition) is 0. The Bertz CT molecular complexity index is 331. The number of methoxy groups -OCH3 is 1. The summed E-state index contributed by atoms with van der Waals surface area (Å²) in [6.07, 6.45) is 10.4. The van der Waals surface area contributed by atoms with Gasteiger partial charge in [-0.25, -0.2) is 0 Å². The summed E-state index contributed by atoms with van der Waals surface area (Å²) >= 11 is 0. The third-order valence-electron chi connectivity index (χ3n) is 1.48. The third-order valence-corrected chi connectivity index (χ3v) is 1.48. The molecule has 1 rings (SSSR count). The van der Waals surface area contributed by atoms with E-state index in [9.17, 15) is 0 Å². The standard InChI is InChI=1S/C11H8O/c1-4-9-6-10(5-2)8-11(7-9)12-3/h1-2,6-8H,3H3. The molecule has 0 aliphatic carbocycles. The lowest BCUT2D eigenvalue weighted by Crippen LogP contribution is -1.86. The fourth-order valence-corrected chi connectivity index (χ4v) is 0.884. The molecule has 1 nitrogen and oxygen atoms in total. The second-order valence-corrected chi connectivity index (χ2v) is 2.24. The summed E-state index contributed by atoms with van der Waals surface area (Å²) in [6.45, 7) is 0. The van der Waals surface area contributed by atoms with Gasteiger partial charge >= 0.3 is 0 Å². The van der Waals surface area contributed by atoms with Crippen LogP contribution in [-0.4, -0.2) is 7.11 Å². The van der Waals surface area contributed by atoms with Crippen molar-refractivity contribution < 1.29 is 4.74 Å². The van der Waals surface area contributed by atoms with Gasteiger partial charge in [0, 0.05) is 11.1 Å². The zero-order valence-corrected chi connectivity index (χ0v) is 6.79. The highest BCUT2D eigenvalue weighted by Gasteiger charge is 1.96. The molecule has 0 radical (unpaired) electrons. The number of terminal acetylenes is 2. The first kappa shape index (κ1) is 8.24. The molecule has 1 aromatic rings. The van der Waals surface area contributed by atoms with Crippen molar-refractivity contribution >= 4 is 0 Å². The molecule has 0 aromatic heterocycles. The van der Waals surface area contributed by atoms with Crippen molar-refractivity contribution in [3.05, 3.63) is 29.3 Å². The van der Waals surface area contributed by atoms with E-state index in [1.54, 1.807) is 25.3 Å². The fourth-order valence-electron chi connectivity index (χ4n) is 0.884. The Morgan fingerprint density at radius 3 is 1.92 bits per heavy atom. The van der Waals surface area contributed by atoms with Crippen molar-refractivity contribution in [3.63, 3.8) is 0 Å². The normalized spacial score (nSPS) is 8.25. The average Bonchev–Trinajstić information content (AvgIpc) is 2.16. The summed E-state index contributed by atoms with van der Waals surface area (Å²) in [4.78, 5) is 0. The molecule has 0 fully saturated rings. The topological polar surface area (TPSA) is 9.23 Å². The lowest BCUT2D eigenvalue weighted by Gasteiger charge is -2.00. The van der Waals surface area contributed by atoms with Gasteiger partial charge in [0.05, 0.1) is 7.11 Å². The molecule has 0 aliphatic heterocycles. The largest absolute Gasteiger partial charge is 0.497 e. The van der Waals surface area contributed by atoms with Gasteiger partial charge in [-0.3, -0.25) is 0 Å². The SMILES string of the molecule is C#Cc1cc(C#C)cc(OC)c1.